The minimum atomic E-state index is -0.824. The van der Waals surface area contributed by atoms with E-state index in [0.29, 0.717) is 6.54 Å². The predicted molar refractivity (Wildman–Crippen MR) is 73.7 cm³/mol. The van der Waals surface area contributed by atoms with Gasteiger partial charge < -0.3 is 5.11 Å². The number of carboxylic acid groups (broad SMARTS) is 1. The molecule has 1 atom stereocenters. The molecule has 2 aromatic rings. The van der Waals surface area contributed by atoms with Gasteiger partial charge in [-0.3, -0.25) is 10.1 Å². The number of hydrogen-bond donors (Lipinski definition) is 2. The van der Waals surface area contributed by atoms with Crippen molar-refractivity contribution in [1.82, 2.24) is 5.32 Å². The Bertz CT molecular complexity index is 522. The van der Waals surface area contributed by atoms with Crippen LogP contribution >= 0.6 is 11.3 Å². The van der Waals surface area contributed by atoms with Crippen LogP contribution in [0.5, 0.6) is 0 Å². The molecule has 0 aliphatic carbocycles. The zero-order valence-corrected chi connectivity index (χ0v) is 10.9. The first kappa shape index (κ1) is 12.8. The quantitative estimate of drug-likeness (QED) is 0.870. The molecule has 3 nitrogen and oxygen atoms in total. The maximum Gasteiger partial charge on any atom is 0.320 e. The fraction of sp³-hybridized carbons (Fsp3) is 0.214. The monoisotopic (exact) mass is 261 g/mol. The number of carboxylic acids is 1. The largest absolute Gasteiger partial charge is 0.480 e. The molecule has 94 valence electrons. The molecule has 0 bridgehead atoms. The first-order valence-corrected chi connectivity index (χ1v) is 6.59. The molecule has 1 aromatic heterocycles. The number of aliphatic carboxylic acids is 1. The second-order valence-corrected chi connectivity index (χ2v) is 5.24. The van der Waals surface area contributed by atoms with Crippen LogP contribution in [0.25, 0.3) is 10.4 Å². The molecule has 0 spiro atoms. The van der Waals surface area contributed by atoms with Gasteiger partial charge >= 0.3 is 5.97 Å². The lowest BCUT2D eigenvalue weighted by Crippen LogP contribution is -2.32. The number of benzene rings is 1. The highest BCUT2D eigenvalue weighted by molar-refractivity contribution is 7.15. The van der Waals surface area contributed by atoms with Crippen LogP contribution in [0.15, 0.2) is 42.5 Å². The van der Waals surface area contributed by atoms with Crippen LogP contribution in [-0.2, 0) is 11.3 Å². The Kier molecular flexibility index (Phi) is 4.12. The van der Waals surface area contributed by atoms with Gasteiger partial charge in [0.2, 0.25) is 0 Å². The minimum Gasteiger partial charge on any atom is -0.480 e. The summed E-state index contributed by atoms with van der Waals surface area (Å²) in [5.41, 5.74) is 1.19. The highest BCUT2D eigenvalue weighted by atomic mass is 32.1. The first-order chi connectivity index (χ1) is 8.66. The van der Waals surface area contributed by atoms with E-state index in [2.05, 4.69) is 23.5 Å². The van der Waals surface area contributed by atoms with E-state index in [1.54, 1.807) is 18.3 Å². The fourth-order valence-electron chi connectivity index (χ4n) is 1.57. The van der Waals surface area contributed by atoms with Crippen molar-refractivity contribution in [3.63, 3.8) is 0 Å². The SMILES string of the molecule is CC(NCc1ccc(-c2ccccc2)s1)C(=O)O. The van der Waals surface area contributed by atoms with Gasteiger partial charge in [-0.1, -0.05) is 30.3 Å². The number of thiophene rings is 1. The molecule has 1 unspecified atom stereocenters. The lowest BCUT2D eigenvalue weighted by atomic mass is 10.2. The number of nitrogens with one attached hydrogen (secondary N) is 1. The van der Waals surface area contributed by atoms with E-state index in [-0.39, 0.29) is 0 Å². The Morgan fingerprint density at radius 3 is 2.67 bits per heavy atom. The highest BCUT2D eigenvalue weighted by Crippen LogP contribution is 2.27. The van der Waals surface area contributed by atoms with Gasteiger partial charge in [-0.15, -0.1) is 11.3 Å². The lowest BCUT2D eigenvalue weighted by Gasteiger charge is -2.06. The third kappa shape index (κ3) is 3.18. The second kappa shape index (κ2) is 5.80. The molecule has 0 amide bonds. The molecule has 2 rings (SSSR count). The Balaban J connectivity index is 2.01. The molecule has 0 aliphatic rings. The topological polar surface area (TPSA) is 49.3 Å². The second-order valence-electron chi connectivity index (χ2n) is 4.07. The van der Waals surface area contributed by atoms with E-state index in [1.165, 1.54) is 10.4 Å². The minimum absolute atomic E-state index is 0.521. The Labute approximate surface area is 110 Å². The summed E-state index contributed by atoms with van der Waals surface area (Å²) in [4.78, 5) is 13.0. The van der Waals surface area contributed by atoms with Crippen molar-refractivity contribution in [2.75, 3.05) is 0 Å². The fourth-order valence-corrected chi connectivity index (χ4v) is 2.54. The van der Waals surface area contributed by atoms with Crippen molar-refractivity contribution in [2.24, 2.45) is 0 Å². The summed E-state index contributed by atoms with van der Waals surface area (Å²) >= 11 is 1.68. The Hall–Kier alpha value is -1.65. The van der Waals surface area contributed by atoms with Crippen LogP contribution in [0, 0.1) is 0 Å². The predicted octanol–water partition coefficient (Wildman–Crippen LogP) is 2.98. The standard InChI is InChI=1S/C14H15NO2S/c1-10(14(16)17)15-9-12-7-8-13(18-12)11-5-3-2-4-6-11/h2-8,10,15H,9H2,1H3,(H,16,17). The molecule has 1 aromatic carbocycles. The molecular weight excluding hydrogens is 246 g/mol. The molecule has 0 aliphatic heterocycles. The third-order valence-electron chi connectivity index (χ3n) is 2.67. The zero-order valence-electron chi connectivity index (χ0n) is 10.1. The normalized spacial score (nSPS) is 12.3. The first-order valence-electron chi connectivity index (χ1n) is 5.77. The Morgan fingerprint density at radius 1 is 1.28 bits per heavy atom. The highest BCUT2D eigenvalue weighted by Gasteiger charge is 2.10. The molecule has 0 saturated heterocycles. The van der Waals surface area contributed by atoms with Crippen molar-refractivity contribution >= 4 is 17.3 Å². The van der Waals surface area contributed by atoms with E-state index in [4.69, 9.17) is 5.11 Å². The van der Waals surface area contributed by atoms with Gasteiger partial charge in [0.15, 0.2) is 0 Å². The van der Waals surface area contributed by atoms with Gasteiger partial charge in [0.05, 0.1) is 0 Å². The van der Waals surface area contributed by atoms with E-state index in [9.17, 15) is 4.79 Å². The van der Waals surface area contributed by atoms with Crippen molar-refractivity contribution in [3.8, 4) is 10.4 Å². The molecule has 1 heterocycles. The van der Waals surface area contributed by atoms with Crippen LogP contribution in [0.2, 0.25) is 0 Å². The summed E-state index contributed by atoms with van der Waals surface area (Å²) in [7, 11) is 0. The van der Waals surface area contributed by atoms with Gasteiger partial charge in [0.1, 0.15) is 6.04 Å². The van der Waals surface area contributed by atoms with E-state index in [0.717, 1.165) is 4.88 Å². The van der Waals surface area contributed by atoms with Gasteiger partial charge in [-0.25, -0.2) is 0 Å². The van der Waals surface area contributed by atoms with Gasteiger partial charge in [-0.2, -0.15) is 0 Å². The van der Waals surface area contributed by atoms with Crippen molar-refractivity contribution in [2.45, 2.75) is 19.5 Å². The van der Waals surface area contributed by atoms with Crippen LogP contribution in [0.3, 0.4) is 0 Å². The van der Waals surface area contributed by atoms with E-state index in [1.807, 2.05) is 24.3 Å². The smallest absolute Gasteiger partial charge is 0.320 e. The average molecular weight is 261 g/mol. The van der Waals surface area contributed by atoms with Gasteiger partial charge in [0.25, 0.3) is 0 Å². The van der Waals surface area contributed by atoms with Crippen molar-refractivity contribution in [1.29, 1.82) is 0 Å². The summed E-state index contributed by atoms with van der Waals surface area (Å²) in [5, 5.41) is 11.8. The van der Waals surface area contributed by atoms with Crippen LogP contribution in [0.1, 0.15) is 11.8 Å². The maximum absolute atomic E-state index is 10.7. The van der Waals surface area contributed by atoms with Crippen molar-refractivity contribution < 1.29 is 9.90 Å². The summed E-state index contributed by atoms with van der Waals surface area (Å²) in [6.45, 7) is 2.24. The van der Waals surface area contributed by atoms with Gasteiger partial charge in [0, 0.05) is 16.3 Å². The summed E-state index contributed by atoms with van der Waals surface area (Å²) in [6.07, 6.45) is 0. The van der Waals surface area contributed by atoms with E-state index >= 15 is 0 Å². The summed E-state index contributed by atoms with van der Waals surface area (Å²) < 4.78 is 0. The molecule has 18 heavy (non-hydrogen) atoms. The van der Waals surface area contributed by atoms with Crippen LogP contribution in [-0.4, -0.2) is 17.1 Å². The lowest BCUT2D eigenvalue weighted by molar-refractivity contribution is -0.139. The molecule has 4 heteroatoms. The van der Waals surface area contributed by atoms with Crippen molar-refractivity contribution in [3.05, 3.63) is 47.3 Å². The number of hydrogen-bond acceptors (Lipinski definition) is 3. The molecule has 0 fully saturated rings. The van der Waals surface area contributed by atoms with Crippen LogP contribution < -0.4 is 5.32 Å². The molecular formula is C14H15NO2S. The molecule has 0 radical (unpaired) electrons. The number of rotatable bonds is 5. The van der Waals surface area contributed by atoms with Crippen LogP contribution in [0.4, 0.5) is 0 Å². The summed E-state index contributed by atoms with van der Waals surface area (Å²) in [6, 6.07) is 13.8. The van der Waals surface area contributed by atoms with E-state index < -0.39 is 12.0 Å². The molecule has 0 saturated carbocycles. The third-order valence-corrected chi connectivity index (χ3v) is 3.81. The summed E-state index contributed by atoms with van der Waals surface area (Å²) in [5.74, 6) is -0.824. The average Bonchev–Trinajstić information content (AvgIpc) is 2.85. The molecule has 2 N–H and O–H groups in total. The number of carbonyl (C=O) groups is 1. The van der Waals surface area contributed by atoms with Gasteiger partial charge in [-0.05, 0) is 24.6 Å². The maximum atomic E-state index is 10.7. The zero-order chi connectivity index (χ0) is 13.0. The Morgan fingerprint density at radius 2 is 2.00 bits per heavy atom.